The highest BCUT2D eigenvalue weighted by molar-refractivity contribution is 6.40. The fraction of sp³-hybridized carbons (Fsp3) is 0.222. The highest BCUT2D eigenvalue weighted by atomic mass is 16.4. The molecule has 0 aliphatic rings. The zero-order chi connectivity index (χ0) is 21.6. The Kier molecular flexibility index (Phi) is 18.4. The molecule has 10 heteroatoms. The van der Waals surface area contributed by atoms with Crippen LogP contribution in [0.5, 0.6) is 0 Å². The first-order valence-corrected chi connectivity index (χ1v) is 7.89. The Labute approximate surface area is 163 Å². The number of pyridine rings is 2. The van der Waals surface area contributed by atoms with Crippen molar-refractivity contribution in [2.75, 3.05) is 0 Å². The minimum absolute atomic E-state index is 0.313. The molecule has 2 rings (SSSR count). The number of nitrogens with zero attached hydrogens (tertiary/aromatic N) is 6. The van der Waals surface area contributed by atoms with E-state index in [1.54, 1.807) is 24.8 Å². The van der Waals surface area contributed by atoms with Crippen LogP contribution in [-0.4, -0.2) is 53.6 Å². The molecule has 2 aromatic heterocycles. The average molecular weight is 390 g/mol. The molecule has 2 aromatic rings. The molecular formula is C18H26N6O4. The van der Waals surface area contributed by atoms with Crippen LogP contribution in [0.15, 0.2) is 81.8 Å². The van der Waals surface area contributed by atoms with Crippen LogP contribution < -0.4 is 0 Å². The fourth-order valence-corrected chi connectivity index (χ4v) is 0.915. The van der Waals surface area contributed by atoms with E-state index in [4.69, 9.17) is 20.8 Å². The van der Waals surface area contributed by atoms with Gasteiger partial charge >= 0.3 is 0 Å². The third-order valence-corrected chi connectivity index (χ3v) is 2.78. The standard InChI is InChI=1S/2C5H5N.2C4H8N2O2/c2*1-2-4-6-5-3-1;2*1-3(5-7)4(2)6-8/h2*1-5H;2*7-8H,1-2H3/b;;2*5-3-,6-4-. The first-order valence-electron chi connectivity index (χ1n) is 7.89. The van der Waals surface area contributed by atoms with E-state index >= 15 is 0 Å². The van der Waals surface area contributed by atoms with Crippen LogP contribution >= 0.6 is 0 Å². The van der Waals surface area contributed by atoms with E-state index in [1.165, 1.54) is 27.7 Å². The number of aromatic nitrogens is 2. The van der Waals surface area contributed by atoms with Gasteiger partial charge in [0.05, 0.1) is 0 Å². The summed E-state index contributed by atoms with van der Waals surface area (Å²) in [5.41, 5.74) is 1.25. The number of hydrogen-bond acceptors (Lipinski definition) is 10. The zero-order valence-electron chi connectivity index (χ0n) is 16.2. The van der Waals surface area contributed by atoms with Crippen molar-refractivity contribution in [1.29, 1.82) is 0 Å². The largest absolute Gasteiger partial charge is 0.411 e. The Bertz CT molecular complexity index is 570. The van der Waals surface area contributed by atoms with E-state index in [0.717, 1.165) is 0 Å². The van der Waals surface area contributed by atoms with Gasteiger partial charge in [-0.2, -0.15) is 0 Å². The number of rotatable bonds is 2. The quantitative estimate of drug-likeness (QED) is 0.349. The van der Waals surface area contributed by atoms with Gasteiger partial charge in [0, 0.05) is 24.8 Å². The molecule has 28 heavy (non-hydrogen) atoms. The highest BCUT2D eigenvalue weighted by Gasteiger charge is 1.94. The molecule has 0 aliphatic carbocycles. The molecule has 0 aromatic carbocycles. The summed E-state index contributed by atoms with van der Waals surface area (Å²) in [6.07, 6.45) is 7.00. The lowest BCUT2D eigenvalue weighted by Crippen LogP contribution is -2.04. The van der Waals surface area contributed by atoms with Crippen molar-refractivity contribution in [3.05, 3.63) is 61.2 Å². The molecule has 0 saturated carbocycles. The summed E-state index contributed by atoms with van der Waals surface area (Å²) < 4.78 is 0. The van der Waals surface area contributed by atoms with Crippen molar-refractivity contribution < 1.29 is 20.8 Å². The van der Waals surface area contributed by atoms with Gasteiger partial charge in [-0.25, -0.2) is 0 Å². The number of hydrogen-bond donors (Lipinski definition) is 4. The highest BCUT2D eigenvalue weighted by Crippen LogP contribution is 1.79. The third kappa shape index (κ3) is 17.0. The monoisotopic (exact) mass is 390 g/mol. The minimum atomic E-state index is 0.313. The Morgan fingerprint density at radius 1 is 0.464 bits per heavy atom. The molecule has 10 nitrogen and oxygen atoms in total. The average Bonchev–Trinajstić information content (AvgIpc) is 2.80. The summed E-state index contributed by atoms with van der Waals surface area (Å²) in [5.74, 6) is 0. The van der Waals surface area contributed by atoms with Gasteiger partial charge in [0.25, 0.3) is 0 Å². The third-order valence-electron chi connectivity index (χ3n) is 2.78. The number of oxime groups is 4. The minimum Gasteiger partial charge on any atom is -0.411 e. The molecule has 0 spiro atoms. The molecule has 0 bridgehead atoms. The van der Waals surface area contributed by atoms with Gasteiger partial charge < -0.3 is 20.8 Å². The predicted molar refractivity (Wildman–Crippen MR) is 108 cm³/mol. The van der Waals surface area contributed by atoms with Crippen molar-refractivity contribution in [1.82, 2.24) is 9.97 Å². The lowest BCUT2D eigenvalue weighted by molar-refractivity contribution is 0.313. The maximum atomic E-state index is 8.03. The molecule has 0 fully saturated rings. The van der Waals surface area contributed by atoms with Crippen molar-refractivity contribution in [3.8, 4) is 0 Å². The molecule has 0 saturated heterocycles. The van der Waals surface area contributed by atoms with Crippen molar-refractivity contribution >= 4 is 22.8 Å². The second kappa shape index (κ2) is 19.5. The molecule has 0 aliphatic heterocycles. The van der Waals surface area contributed by atoms with E-state index in [-0.39, 0.29) is 0 Å². The van der Waals surface area contributed by atoms with Crippen LogP contribution in [0.2, 0.25) is 0 Å². The predicted octanol–water partition coefficient (Wildman–Crippen LogP) is 3.54. The summed E-state index contributed by atoms with van der Waals surface area (Å²) >= 11 is 0. The van der Waals surface area contributed by atoms with Gasteiger partial charge in [0.2, 0.25) is 0 Å². The van der Waals surface area contributed by atoms with E-state index in [0.29, 0.717) is 22.8 Å². The van der Waals surface area contributed by atoms with Gasteiger partial charge in [-0.3, -0.25) is 9.97 Å². The molecule has 0 unspecified atom stereocenters. The van der Waals surface area contributed by atoms with Crippen molar-refractivity contribution in [2.45, 2.75) is 27.7 Å². The van der Waals surface area contributed by atoms with Crippen LogP contribution in [0.3, 0.4) is 0 Å². The summed E-state index contributed by atoms with van der Waals surface area (Å²) in [6.45, 7) is 6.15. The van der Waals surface area contributed by atoms with Crippen molar-refractivity contribution in [3.63, 3.8) is 0 Å². The Hall–Kier alpha value is -3.82. The van der Waals surface area contributed by atoms with Crippen LogP contribution in [0.25, 0.3) is 0 Å². The second-order valence-corrected chi connectivity index (χ2v) is 4.79. The van der Waals surface area contributed by atoms with Gasteiger partial charge in [-0.05, 0) is 52.0 Å². The first kappa shape index (κ1) is 26.4. The SMILES string of the molecule is CC(=N/O)/C(C)=N\O.CC(=N/O)/C(C)=N\O.c1ccncc1.c1ccncc1. The molecule has 2 heterocycles. The normalized spacial score (nSPS) is 11.6. The van der Waals surface area contributed by atoms with Crippen LogP contribution in [0, 0.1) is 0 Å². The smallest absolute Gasteiger partial charge is 0.101 e. The summed E-state index contributed by atoms with van der Waals surface area (Å²) in [7, 11) is 0. The fourth-order valence-electron chi connectivity index (χ4n) is 0.915. The molecule has 0 amide bonds. The van der Waals surface area contributed by atoms with Gasteiger partial charge in [0.15, 0.2) is 0 Å². The topological polar surface area (TPSA) is 156 Å². The van der Waals surface area contributed by atoms with Gasteiger partial charge in [0.1, 0.15) is 22.8 Å². The molecule has 4 N–H and O–H groups in total. The Morgan fingerprint density at radius 3 is 0.750 bits per heavy atom. The van der Waals surface area contributed by atoms with Gasteiger partial charge in [-0.1, -0.05) is 32.8 Å². The lowest BCUT2D eigenvalue weighted by atomic mass is 10.3. The van der Waals surface area contributed by atoms with E-state index in [1.807, 2.05) is 36.4 Å². The zero-order valence-corrected chi connectivity index (χ0v) is 16.2. The molecule has 0 atom stereocenters. The second-order valence-electron chi connectivity index (χ2n) is 4.79. The molecular weight excluding hydrogens is 364 g/mol. The summed E-state index contributed by atoms with van der Waals surface area (Å²) in [4.78, 5) is 7.57. The van der Waals surface area contributed by atoms with Crippen molar-refractivity contribution in [2.24, 2.45) is 20.6 Å². The summed E-state index contributed by atoms with van der Waals surface area (Å²) in [6, 6.07) is 11.4. The van der Waals surface area contributed by atoms with E-state index < -0.39 is 0 Å². The lowest BCUT2D eigenvalue weighted by Gasteiger charge is -1.88. The molecule has 152 valence electrons. The molecule has 0 radical (unpaired) electrons. The maximum absolute atomic E-state index is 8.03. The van der Waals surface area contributed by atoms with Gasteiger partial charge in [-0.15, -0.1) is 0 Å². The van der Waals surface area contributed by atoms with Crippen LogP contribution in [0.4, 0.5) is 0 Å². The van der Waals surface area contributed by atoms with Crippen LogP contribution in [0.1, 0.15) is 27.7 Å². The van der Waals surface area contributed by atoms with E-state index in [2.05, 4.69) is 30.6 Å². The Morgan fingerprint density at radius 2 is 0.679 bits per heavy atom. The van der Waals surface area contributed by atoms with E-state index in [9.17, 15) is 0 Å². The summed E-state index contributed by atoms with van der Waals surface area (Å²) in [5, 5.41) is 43.3. The Balaban J connectivity index is 0. The first-order chi connectivity index (χ1) is 13.4. The van der Waals surface area contributed by atoms with Crippen LogP contribution in [-0.2, 0) is 0 Å². The maximum Gasteiger partial charge on any atom is 0.101 e.